The van der Waals surface area contributed by atoms with Gasteiger partial charge in [0.25, 0.3) is 11.5 Å². The van der Waals surface area contributed by atoms with Crippen LogP contribution >= 0.6 is 11.3 Å². The maximum absolute atomic E-state index is 13.2. The Labute approximate surface area is 187 Å². The summed E-state index contributed by atoms with van der Waals surface area (Å²) in [6.45, 7) is 5.74. The minimum Gasteiger partial charge on any atom is -0.493 e. The molecule has 9 heteroatoms. The quantitative estimate of drug-likeness (QED) is 0.431. The molecule has 0 saturated carbocycles. The van der Waals surface area contributed by atoms with Crippen LogP contribution < -0.4 is 5.56 Å². The van der Waals surface area contributed by atoms with E-state index in [1.54, 1.807) is 24.3 Å². The molecule has 0 saturated heterocycles. The highest BCUT2D eigenvalue weighted by molar-refractivity contribution is 7.18. The summed E-state index contributed by atoms with van der Waals surface area (Å²) in [5, 5.41) is 19.3. The SMILES string of the molecule is Cc1cccc2c(N=NC(=O)[C@H](C)n3cnc4sc5c(c4c3=O)CC[C@H](C)C5)c(O)[nH]c12. The predicted molar refractivity (Wildman–Crippen MR) is 124 cm³/mol. The standard InChI is InChI=1S/C23H23N5O3S/c1-11-7-8-14-16(9-11)32-22-17(14)23(31)28(10-24-22)13(3)20(29)27-26-19-15-6-4-5-12(2)18(15)25-21(19)30/h4-6,10-11,13,25,30H,7-9H2,1-3H3/t11-,13-/m0/s1. The van der Waals surface area contributed by atoms with Crippen LogP contribution in [0.2, 0.25) is 0 Å². The van der Waals surface area contributed by atoms with E-state index in [2.05, 4.69) is 27.1 Å². The number of fused-ring (bicyclic) bond motifs is 4. The fraction of sp³-hybridized carbons (Fsp3) is 0.348. The van der Waals surface area contributed by atoms with Gasteiger partial charge in [-0.3, -0.25) is 14.2 Å². The van der Waals surface area contributed by atoms with Gasteiger partial charge in [-0.2, -0.15) is 0 Å². The Morgan fingerprint density at radius 2 is 2.22 bits per heavy atom. The second-order valence-electron chi connectivity index (χ2n) is 8.52. The van der Waals surface area contributed by atoms with E-state index in [4.69, 9.17) is 0 Å². The molecule has 0 bridgehead atoms. The molecule has 8 nitrogen and oxygen atoms in total. The van der Waals surface area contributed by atoms with Crippen molar-refractivity contribution in [1.29, 1.82) is 0 Å². The molecule has 0 aliphatic heterocycles. The number of H-pyrrole nitrogens is 1. The summed E-state index contributed by atoms with van der Waals surface area (Å²) in [5.74, 6) is -0.145. The molecule has 1 aliphatic carbocycles. The fourth-order valence-corrected chi connectivity index (χ4v) is 5.70. The van der Waals surface area contributed by atoms with E-state index < -0.39 is 11.9 Å². The maximum Gasteiger partial charge on any atom is 0.287 e. The first kappa shape index (κ1) is 20.6. The molecule has 1 amide bonds. The summed E-state index contributed by atoms with van der Waals surface area (Å²) < 4.78 is 1.33. The van der Waals surface area contributed by atoms with Gasteiger partial charge < -0.3 is 10.1 Å². The third-order valence-corrected chi connectivity index (χ3v) is 7.42. The van der Waals surface area contributed by atoms with Crippen LogP contribution in [0.5, 0.6) is 5.88 Å². The van der Waals surface area contributed by atoms with Gasteiger partial charge in [-0.05, 0) is 50.2 Å². The number of aromatic nitrogens is 3. The van der Waals surface area contributed by atoms with E-state index in [9.17, 15) is 14.7 Å². The predicted octanol–water partition coefficient (Wildman–Crippen LogP) is 4.95. The number of benzene rings is 1. The highest BCUT2D eigenvalue weighted by Gasteiger charge is 2.25. The van der Waals surface area contributed by atoms with Crippen molar-refractivity contribution in [2.24, 2.45) is 16.1 Å². The van der Waals surface area contributed by atoms with E-state index in [1.807, 2.05) is 19.1 Å². The van der Waals surface area contributed by atoms with Crippen LogP contribution in [0, 0.1) is 12.8 Å². The van der Waals surface area contributed by atoms with Crippen LogP contribution in [0.4, 0.5) is 5.69 Å². The lowest BCUT2D eigenvalue weighted by molar-refractivity contribution is -0.121. The summed E-state index contributed by atoms with van der Waals surface area (Å²) in [4.78, 5) is 35.3. The van der Waals surface area contributed by atoms with E-state index in [0.29, 0.717) is 16.7 Å². The number of amides is 1. The zero-order valence-electron chi connectivity index (χ0n) is 18.0. The van der Waals surface area contributed by atoms with E-state index in [0.717, 1.165) is 40.7 Å². The lowest BCUT2D eigenvalue weighted by atomic mass is 9.89. The number of hydrogen-bond donors (Lipinski definition) is 2. The Bertz CT molecular complexity index is 1460. The topological polar surface area (TPSA) is 113 Å². The van der Waals surface area contributed by atoms with Crippen molar-refractivity contribution in [3.63, 3.8) is 0 Å². The van der Waals surface area contributed by atoms with E-state index in [-0.39, 0.29) is 17.1 Å². The number of nitrogens with zero attached hydrogens (tertiary/aromatic N) is 4. The molecule has 5 rings (SSSR count). The molecule has 2 N–H and O–H groups in total. The molecular formula is C23H23N5O3S. The third-order valence-electron chi connectivity index (χ3n) is 6.26. The monoisotopic (exact) mass is 449 g/mol. The van der Waals surface area contributed by atoms with Crippen LogP contribution in [0.15, 0.2) is 39.5 Å². The maximum atomic E-state index is 13.2. The number of thiophene rings is 1. The summed E-state index contributed by atoms with van der Waals surface area (Å²) in [6.07, 6.45) is 4.29. The number of carbonyl (C=O) groups excluding carboxylic acids is 1. The molecule has 0 spiro atoms. The normalized spacial score (nSPS) is 17.3. The van der Waals surface area contributed by atoms with Crippen molar-refractivity contribution >= 4 is 44.1 Å². The van der Waals surface area contributed by atoms with Crippen LogP contribution in [0.1, 0.15) is 42.3 Å². The summed E-state index contributed by atoms with van der Waals surface area (Å²) in [5.41, 5.74) is 2.74. The number of aromatic amines is 1. The number of carbonyl (C=O) groups is 1. The minimum atomic E-state index is -0.865. The first-order valence-corrected chi connectivity index (χ1v) is 11.4. The second kappa shape index (κ2) is 7.67. The molecular weight excluding hydrogens is 426 g/mol. The average Bonchev–Trinajstić information content (AvgIpc) is 3.29. The zero-order chi connectivity index (χ0) is 22.6. The van der Waals surface area contributed by atoms with Crippen LogP contribution in [0.25, 0.3) is 21.1 Å². The van der Waals surface area contributed by atoms with Gasteiger partial charge in [0.05, 0.1) is 17.2 Å². The van der Waals surface area contributed by atoms with Gasteiger partial charge >= 0.3 is 0 Å². The molecule has 4 aromatic rings. The van der Waals surface area contributed by atoms with Gasteiger partial charge in [-0.25, -0.2) is 4.98 Å². The zero-order valence-corrected chi connectivity index (χ0v) is 18.9. The van der Waals surface area contributed by atoms with Crippen LogP contribution in [-0.2, 0) is 17.6 Å². The Balaban J connectivity index is 1.48. The molecule has 32 heavy (non-hydrogen) atoms. The molecule has 0 radical (unpaired) electrons. The van der Waals surface area contributed by atoms with Crippen molar-refractivity contribution < 1.29 is 9.90 Å². The van der Waals surface area contributed by atoms with Gasteiger partial charge in [0, 0.05) is 10.3 Å². The summed E-state index contributed by atoms with van der Waals surface area (Å²) in [7, 11) is 0. The smallest absolute Gasteiger partial charge is 0.287 e. The van der Waals surface area contributed by atoms with Gasteiger partial charge in [-0.15, -0.1) is 21.6 Å². The average molecular weight is 450 g/mol. The van der Waals surface area contributed by atoms with Crippen molar-refractivity contribution in [3.05, 3.63) is 50.9 Å². The molecule has 0 fully saturated rings. The van der Waals surface area contributed by atoms with Gasteiger partial charge in [0.1, 0.15) is 10.9 Å². The van der Waals surface area contributed by atoms with Gasteiger partial charge in [0.2, 0.25) is 5.88 Å². The van der Waals surface area contributed by atoms with Crippen molar-refractivity contribution in [2.75, 3.05) is 0 Å². The highest BCUT2D eigenvalue weighted by atomic mass is 32.1. The van der Waals surface area contributed by atoms with Gasteiger partial charge in [0.15, 0.2) is 5.69 Å². The van der Waals surface area contributed by atoms with Crippen LogP contribution in [-0.4, -0.2) is 25.5 Å². The largest absolute Gasteiger partial charge is 0.493 e. The lowest BCUT2D eigenvalue weighted by Crippen LogP contribution is -2.28. The molecule has 3 aromatic heterocycles. The number of aromatic hydroxyl groups is 1. The highest BCUT2D eigenvalue weighted by Crippen LogP contribution is 2.37. The minimum absolute atomic E-state index is 0.155. The molecule has 1 aromatic carbocycles. The number of aryl methyl sites for hydroxylation is 2. The third kappa shape index (κ3) is 3.24. The molecule has 164 valence electrons. The number of hydrogen-bond acceptors (Lipinski definition) is 6. The van der Waals surface area contributed by atoms with E-state index in [1.165, 1.54) is 15.8 Å². The van der Waals surface area contributed by atoms with E-state index >= 15 is 0 Å². The Kier molecular flexibility index (Phi) is 4.93. The lowest BCUT2D eigenvalue weighted by Gasteiger charge is -2.17. The van der Waals surface area contributed by atoms with Crippen LogP contribution in [0.3, 0.4) is 0 Å². The summed E-state index contributed by atoms with van der Waals surface area (Å²) in [6, 6.07) is 4.68. The number of rotatable bonds is 3. The first-order chi connectivity index (χ1) is 15.3. The Morgan fingerprint density at radius 1 is 1.41 bits per heavy atom. The second-order valence-corrected chi connectivity index (χ2v) is 9.61. The number of nitrogens with one attached hydrogen (secondary N) is 1. The summed E-state index contributed by atoms with van der Waals surface area (Å²) >= 11 is 1.58. The number of para-hydroxylation sites is 1. The Morgan fingerprint density at radius 3 is 3.03 bits per heavy atom. The molecule has 2 atom stereocenters. The number of azo groups is 1. The van der Waals surface area contributed by atoms with Gasteiger partial charge in [-0.1, -0.05) is 25.1 Å². The molecule has 3 heterocycles. The molecule has 0 unspecified atom stereocenters. The van der Waals surface area contributed by atoms with Crippen molar-refractivity contribution in [1.82, 2.24) is 14.5 Å². The fourth-order valence-electron chi connectivity index (χ4n) is 4.36. The van der Waals surface area contributed by atoms with Crippen molar-refractivity contribution in [2.45, 2.75) is 46.1 Å². The first-order valence-electron chi connectivity index (χ1n) is 10.6. The Hall–Kier alpha value is -3.33. The van der Waals surface area contributed by atoms with Crippen molar-refractivity contribution in [3.8, 4) is 5.88 Å². The molecule has 1 aliphatic rings.